The molecule has 1 saturated carbocycles. The van der Waals surface area contributed by atoms with E-state index < -0.39 is 6.09 Å². The van der Waals surface area contributed by atoms with Gasteiger partial charge in [0.05, 0.1) is 6.20 Å². The molecule has 1 unspecified atom stereocenters. The predicted molar refractivity (Wildman–Crippen MR) is 109 cm³/mol. The number of hydrogen-bond donors (Lipinski definition) is 2. The summed E-state index contributed by atoms with van der Waals surface area (Å²) in [4.78, 5) is 12.2. The molecule has 5 nitrogen and oxygen atoms in total. The van der Waals surface area contributed by atoms with Crippen LogP contribution in [-0.2, 0) is 11.3 Å². The maximum atomic E-state index is 12.2. The third-order valence-electron chi connectivity index (χ3n) is 5.51. The molecule has 5 heteroatoms. The van der Waals surface area contributed by atoms with E-state index in [0.29, 0.717) is 5.92 Å². The number of carbonyl (C=O) groups excluding carboxylic acids is 1. The number of aromatic nitrogens is 2. The Hall–Kier alpha value is -3.08. The first kappa shape index (κ1) is 18.3. The first-order valence-electron chi connectivity index (χ1n) is 9.78. The number of ether oxygens (including phenoxy) is 1. The van der Waals surface area contributed by atoms with Crippen LogP contribution < -0.4 is 5.32 Å². The van der Waals surface area contributed by atoms with Crippen molar-refractivity contribution in [3.63, 3.8) is 0 Å². The summed E-state index contributed by atoms with van der Waals surface area (Å²) in [5, 5.41) is 10.3. The van der Waals surface area contributed by atoms with E-state index >= 15 is 0 Å². The van der Waals surface area contributed by atoms with Gasteiger partial charge in [0.2, 0.25) is 0 Å². The lowest BCUT2D eigenvalue weighted by atomic mass is 9.71. The molecule has 1 atom stereocenters. The summed E-state index contributed by atoms with van der Waals surface area (Å²) in [6.07, 6.45) is 5.15. The Kier molecular flexibility index (Phi) is 5.42. The highest BCUT2D eigenvalue weighted by molar-refractivity contribution is 5.84. The Morgan fingerprint density at radius 2 is 2.04 bits per heavy atom. The molecule has 28 heavy (non-hydrogen) atoms. The lowest BCUT2D eigenvalue weighted by Gasteiger charge is -2.34. The SMILES string of the molecule is Cc1cn[nH]c1C(c1cccc(NC(=O)OCc2ccccc2)c1)C1CCC1. The van der Waals surface area contributed by atoms with Gasteiger partial charge in [0.25, 0.3) is 0 Å². The van der Waals surface area contributed by atoms with E-state index in [0.717, 1.165) is 11.3 Å². The van der Waals surface area contributed by atoms with Gasteiger partial charge in [-0.05, 0) is 54.5 Å². The summed E-state index contributed by atoms with van der Waals surface area (Å²) >= 11 is 0. The van der Waals surface area contributed by atoms with Crippen molar-refractivity contribution in [3.8, 4) is 0 Å². The Bertz CT molecular complexity index is 932. The number of hydrogen-bond acceptors (Lipinski definition) is 3. The number of carbonyl (C=O) groups is 1. The third-order valence-corrected chi connectivity index (χ3v) is 5.51. The highest BCUT2D eigenvalue weighted by Crippen LogP contribution is 2.43. The van der Waals surface area contributed by atoms with Gasteiger partial charge in [-0.1, -0.05) is 48.9 Å². The molecular weight excluding hydrogens is 350 g/mol. The summed E-state index contributed by atoms with van der Waals surface area (Å²) in [6.45, 7) is 2.35. The Morgan fingerprint density at radius 3 is 2.71 bits per heavy atom. The second-order valence-electron chi connectivity index (χ2n) is 7.45. The molecule has 1 heterocycles. The van der Waals surface area contributed by atoms with Crippen LogP contribution in [0.3, 0.4) is 0 Å². The van der Waals surface area contributed by atoms with E-state index in [2.05, 4.69) is 28.5 Å². The smallest absolute Gasteiger partial charge is 0.411 e. The maximum Gasteiger partial charge on any atom is 0.411 e. The lowest BCUT2D eigenvalue weighted by Crippen LogP contribution is -2.22. The van der Waals surface area contributed by atoms with Gasteiger partial charge in [0, 0.05) is 17.3 Å². The van der Waals surface area contributed by atoms with Crippen LogP contribution in [-0.4, -0.2) is 16.3 Å². The fraction of sp³-hybridized carbons (Fsp3) is 0.304. The zero-order valence-corrected chi connectivity index (χ0v) is 16.0. The van der Waals surface area contributed by atoms with Gasteiger partial charge >= 0.3 is 6.09 Å². The monoisotopic (exact) mass is 375 g/mol. The van der Waals surface area contributed by atoms with E-state index in [1.807, 2.05) is 54.7 Å². The van der Waals surface area contributed by atoms with Gasteiger partial charge in [-0.2, -0.15) is 5.10 Å². The number of H-pyrrole nitrogens is 1. The summed E-state index contributed by atoms with van der Waals surface area (Å²) in [5.41, 5.74) is 5.26. The molecule has 0 spiro atoms. The van der Waals surface area contributed by atoms with Crippen molar-refractivity contribution in [1.29, 1.82) is 0 Å². The molecule has 0 aliphatic heterocycles. The van der Waals surface area contributed by atoms with Gasteiger partial charge in [-0.25, -0.2) is 4.79 Å². The zero-order valence-electron chi connectivity index (χ0n) is 16.0. The Morgan fingerprint density at radius 1 is 1.21 bits per heavy atom. The number of aromatic amines is 1. The number of nitrogens with zero attached hydrogens (tertiary/aromatic N) is 1. The number of anilines is 1. The van der Waals surface area contributed by atoms with Crippen molar-refractivity contribution in [2.75, 3.05) is 5.32 Å². The van der Waals surface area contributed by atoms with Crippen LogP contribution in [0.2, 0.25) is 0 Å². The molecule has 4 rings (SSSR count). The normalized spacial score (nSPS) is 14.9. The first-order valence-corrected chi connectivity index (χ1v) is 9.78. The fourth-order valence-corrected chi connectivity index (χ4v) is 3.81. The average molecular weight is 375 g/mol. The van der Waals surface area contributed by atoms with Crippen molar-refractivity contribution in [2.45, 2.75) is 38.7 Å². The molecule has 144 valence electrons. The van der Waals surface area contributed by atoms with Crippen molar-refractivity contribution in [1.82, 2.24) is 10.2 Å². The molecule has 1 aliphatic rings. The first-order chi connectivity index (χ1) is 13.7. The molecule has 2 N–H and O–H groups in total. The molecule has 1 amide bonds. The standard InChI is InChI=1S/C23H25N3O2/c1-16-14-24-26-22(16)21(18-9-5-10-18)19-11-6-12-20(13-19)25-23(27)28-15-17-7-3-2-4-8-17/h2-4,6-8,11-14,18,21H,5,9-10,15H2,1H3,(H,24,26)(H,25,27). The molecule has 1 aliphatic carbocycles. The second-order valence-corrected chi connectivity index (χ2v) is 7.45. The number of rotatable bonds is 6. The zero-order chi connectivity index (χ0) is 19.3. The minimum Gasteiger partial charge on any atom is -0.444 e. The highest BCUT2D eigenvalue weighted by Gasteiger charge is 2.31. The van der Waals surface area contributed by atoms with Crippen LogP contribution in [0.15, 0.2) is 60.8 Å². The van der Waals surface area contributed by atoms with E-state index in [4.69, 9.17) is 4.74 Å². The van der Waals surface area contributed by atoms with Crippen molar-refractivity contribution in [3.05, 3.63) is 83.2 Å². The Labute approximate surface area is 165 Å². The van der Waals surface area contributed by atoms with Crippen LogP contribution in [0.1, 0.15) is 47.6 Å². The van der Waals surface area contributed by atoms with Gasteiger partial charge in [-0.15, -0.1) is 0 Å². The molecule has 0 bridgehead atoms. The Balaban J connectivity index is 1.47. The quantitative estimate of drug-likeness (QED) is 0.606. The number of amides is 1. The van der Waals surface area contributed by atoms with E-state index in [1.54, 1.807) is 0 Å². The largest absolute Gasteiger partial charge is 0.444 e. The van der Waals surface area contributed by atoms with Crippen LogP contribution in [0.25, 0.3) is 0 Å². The van der Waals surface area contributed by atoms with Gasteiger partial charge in [0.1, 0.15) is 6.61 Å². The minimum absolute atomic E-state index is 0.254. The number of benzene rings is 2. The molecule has 0 radical (unpaired) electrons. The van der Waals surface area contributed by atoms with Gasteiger partial charge < -0.3 is 4.74 Å². The highest BCUT2D eigenvalue weighted by atomic mass is 16.5. The van der Waals surface area contributed by atoms with Crippen LogP contribution in [0, 0.1) is 12.8 Å². The summed E-state index contributed by atoms with van der Waals surface area (Å²) in [5.74, 6) is 0.887. The van der Waals surface area contributed by atoms with Gasteiger partial charge in [0.15, 0.2) is 0 Å². The fourth-order valence-electron chi connectivity index (χ4n) is 3.81. The van der Waals surface area contributed by atoms with E-state index in [1.165, 1.54) is 36.1 Å². The van der Waals surface area contributed by atoms with Gasteiger partial charge in [-0.3, -0.25) is 10.4 Å². The molecule has 0 saturated heterocycles. The van der Waals surface area contributed by atoms with Crippen molar-refractivity contribution < 1.29 is 9.53 Å². The maximum absolute atomic E-state index is 12.2. The lowest BCUT2D eigenvalue weighted by molar-refractivity contribution is 0.155. The van der Waals surface area contributed by atoms with Crippen LogP contribution in [0.4, 0.5) is 10.5 Å². The topological polar surface area (TPSA) is 67.0 Å². The second kappa shape index (κ2) is 8.30. The average Bonchev–Trinajstić information content (AvgIpc) is 3.09. The molecule has 1 aromatic heterocycles. The van der Waals surface area contributed by atoms with Crippen molar-refractivity contribution in [2.24, 2.45) is 5.92 Å². The van der Waals surface area contributed by atoms with Crippen molar-refractivity contribution >= 4 is 11.8 Å². The molecule has 2 aromatic carbocycles. The summed E-state index contributed by atoms with van der Waals surface area (Å²) in [7, 11) is 0. The summed E-state index contributed by atoms with van der Waals surface area (Å²) in [6, 6.07) is 17.7. The van der Waals surface area contributed by atoms with Crippen LogP contribution >= 0.6 is 0 Å². The molecular formula is C23H25N3O2. The molecule has 1 fully saturated rings. The third kappa shape index (κ3) is 4.09. The summed E-state index contributed by atoms with van der Waals surface area (Å²) < 4.78 is 5.34. The van der Waals surface area contributed by atoms with E-state index in [9.17, 15) is 4.79 Å². The molecule has 3 aromatic rings. The van der Waals surface area contributed by atoms with Crippen LogP contribution in [0.5, 0.6) is 0 Å². The predicted octanol–water partition coefficient (Wildman–Crippen LogP) is 5.40. The van der Waals surface area contributed by atoms with E-state index in [-0.39, 0.29) is 12.5 Å². The minimum atomic E-state index is -0.445. The number of nitrogens with one attached hydrogen (secondary N) is 2. The number of aryl methyl sites for hydroxylation is 1.